The Morgan fingerprint density at radius 1 is 1.47 bits per heavy atom. The van der Waals surface area contributed by atoms with E-state index in [0.717, 1.165) is 19.4 Å². The number of carbonyl (C=O) groups is 1. The fraction of sp³-hybridized carbons (Fsp3) is 0.462. The molecule has 0 unspecified atom stereocenters. The van der Waals surface area contributed by atoms with Gasteiger partial charge >= 0.3 is 6.03 Å². The molecule has 1 aliphatic heterocycles. The van der Waals surface area contributed by atoms with Gasteiger partial charge in [-0.3, -0.25) is 0 Å². The van der Waals surface area contributed by atoms with Crippen molar-refractivity contribution in [3.63, 3.8) is 0 Å². The Balaban J connectivity index is 1.91. The number of halogens is 2. The molecule has 0 bridgehead atoms. The Hall–Kier alpha value is -0.970. The molecular formula is C13H16Cl2N2O2. The van der Waals surface area contributed by atoms with Gasteiger partial charge in [-0.25, -0.2) is 4.79 Å². The molecule has 0 aliphatic carbocycles. The molecule has 1 aliphatic rings. The van der Waals surface area contributed by atoms with E-state index in [4.69, 9.17) is 27.9 Å². The molecule has 1 aromatic rings. The Morgan fingerprint density at radius 3 is 2.95 bits per heavy atom. The third-order valence-electron chi connectivity index (χ3n) is 3.08. The van der Waals surface area contributed by atoms with Crippen molar-refractivity contribution < 1.29 is 9.53 Å². The maximum Gasteiger partial charge on any atom is 0.319 e. The van der Waals surface area contributed by atoms with Crippen LogP contribution in [-0.2, 0) is 4.74 Å². The van der Waals surface area contributed by atoms with E-state index < -0.39 is 0 Å². The number of carbonyl (C=O) groups excluding carboxylic acids is 1. The van der Waals surface area contributed by atoms with Crippen LogP contribution >= 0.6 is 23.2 Å². The molecule has 4 nitrogen and oxygen atoms in total. The predicted octanol–water partition coefficient (Wildman–Crippen LogP) is 3.68. The van der Waals surface area contributed by atoms with Gasteiger partial charge in [0.15, 0.2) is 0 Å². The first-order chi connectivity index (χ1) is 9.08. The lowest BCUT2D eigenvalue weighted by Gasteiger charge is -2.20. The first-order valence-electron chi connectivity index (χ1n) is 6.21. The smallest absolute Gasteiger partial charge is 0.319 e. The molecule has 0 aromatic heterocycles. The third-order valence-corrected chi connectivity index (χ3v) is 3.90. The van der Waals surface area contributed by atoms with Gasteiger partial charge < -0.3 is 15.4 Å². The number of amides is 2. The molecular weight excluding hydrogens is 287 g/mol. The molecule has 1 heterocycles. The van der Waals surface area contributed by atoms with Gasteiger partial charge in [0.05, 0.1) is 27.9 Å². The van der Waals surface area contributed by atoms with Gasteiger partial charge in [-0.2, -0.15) is 0 Å². The van der Waals surface area contributed by atoms with Crippen molar-refractivity contribution >= 4 is 34.9 Å². The van der Waals surface area contributed by atoms with Crippen molar-refractivity contribution in [3.05, 3.63) is 28.2 Å². The van der Waals surface area contributed by atoms with Gasteiger partial charge in [-0.05, 0) is 31.9 Å². The summed E-state index contributed by atoms with van der Waals surface area (Å²) in [5.74, 6) is 0. The van der Waals surface area contributed by atoms with Crippen LogP contribution < -0.4 is 10.6 Å². The number of rotatable bonds is 3. The summed E-state index contributed by atoms with van der Waals surface area (Å²) in [6, 6.07) is 4.74. The van der Waals surface area contributed by atoms with E-state index in [0.29, 0.717) is 15.7 Å². The van der Waals surface area contributed by atoms with Gasteiger partial charge in [0, 0.05) is 6.61 Å². The standard InChI is InChI=1S/C13H16Cl2N2O2/c1-8(11-6-3-7-19-11)16-13(18)17-10-5-2-4-9(14)12(10)15/h2,4-5,8,11H,3,6-7H2,1H3,(H2,16,17,18)/t8-,11-/m1/s1. The molecule has 1 saturated heterocycles. The Morgan fingerprint density at radius 2 is 2.26 bits per heavy atom. The average molecular weight is 303 g/mol. The van der Waals surface area contributed by atoms with Gasteiger partial charge in [-0.1, -0.05) is 29.3 Å². The van der Waals surface area contributed by atoms with E-state index in [2.05, 4.69) is 10.6 Å². The molecule has 104 valence electrons. The number of benzene rings is 1. The topological polar surface area (TPSA) is 50.4 Å². The first-order valence-corrected chi connectivity index (χ1v) is 6.96. The SMILES string of the molecule is C[C@@H](NC(=O)Nc1cccc(Cl)c1Cl)[C@H]1CCCO1. The van der Waals surface area contributed by atoms with E-state index in [1.807, 2.05) is 6.92 Å². The Bertz CT molecular complexity index is 462. The van der Waals surface area contributed by atoms with Crippen molar-refractivity contribution in [1.29, 1.82) is 0 Å². The van der Waals surface area contributed by atoms with Crippen LogP contribution in [0.3, 0.4) is 0 Å². The Kier molecular flexibility index (Phi) is 4.91. The van der Waals surface area contributed by atoms with Crippen LogP contribution in [0.1, 0.15) is 19.8 Å². The maximum atomic E-state index is 11.9. The van der Waals surface area contributed by atoms with E-state index in [9.17, 15) is 4.79 Å². The summed E-state index contributed by atoms with van der Waals surface area (Å²) in [4.78, 5) is 11.9. The second-order valence-corrected chi connectivity index (χ2v) is 5.33. The highest BCUT2D eigenvalue weighted by molar-refractivity contribution is 6.43. The van der Waals surface area contributed by atoms with Crippen LogP contribution in [0.2, 0.25) is 10.0 Å². The molecule has 6 heteroatoms. The number of hydrogen-bond acceptors (Lipinski definition) is 2. The summed E-state index contributed by atoms with van der Waals surface area (Å²) in [5, 5.41) is 6.27. The maximum absolute atomic E-state index is 11.9. The summed E-state index contributed by atoms with van der Waals surface area (Å²) in [7, 11) is 0. The van der Waals surface area contributed by atoms with Crippen molar-refractivity contribution in [2.45, 2.75) is 31.9 Å². The molecule has 2 amide bonds. The van der Waals surface area contributed by atoms with Crippen LogP contribution in [0.4, 0.5) is 10.5 Å². The molecule has 1 aromatic carbocycles. The zero-order valence-corrected chi connectivity index (χ0v) is 12.1. The van der Waals surface area contributed by atoms with Crippen LogP contribution in [0.15, 0.2) is 18.2 Å². The monoisotopic (exact) mass is 302 g/mol. The van der Waals surface area contributed by atoms with E-state index in [-0.39, 0.29) is 18.2 Å². The first kappa shape index (κ1) is 14.4. The lowest BCUT2D eigenvalue weighted by molar-refractivity contribution is 0.0868. The zero-order chi connectivity index (χ0) is 13.8. The minimum Gasteiger partial charge on any atom is -0.376 e. The lowest BCUT2D eigenvalue weighted by atomic mass is 10.1. The van der Waals surface area contributed by atoms with Crippen LogP contribution in [0.25, 0.3) is 0 Å². The van der Waals surface area contributed by atoms with Gasteiger partial charge in [0.25, 0.3) is 0 Å². The molecule has 0 saturated carbocycles. The number of ether oxygens (including phenoxy) is 1. The third kappa shape index (κ3) is 3.75. The minimum absolute atomic E-state index is 0.0412. The molecule has 19 heavy (non-hydrogen) atoms. The summed E-state index contributed by atoms with van der Waals surface area (Å²) in [5.41, 5.74) is 0.492. The van der Waals surface area contributed by atoms with Gasteiger partial charge in [0.1, 0.15) is 0 Å². The van der Waals surface area contributed by atoms with E-state index in [1.54, 1.807) is 18.2 Å². The summed E-state index contributed by atoms with van der Waals surface area (Å²) >= 11 is 11.9. The molecule has 2 rings (SSSR count). The lowest BCUT2D eigenvalue weighted by Crippen LogP contribution is -2.43. The molecule has 2 atom stereocenters. The number of urea groups is 1. The van der Waals surface area contributed by atoms with Gasteiger partial charge in [-0.15, -0.1) is 0 Å². The highest BCUT2D eigenvalue weighted by Crippen LogP contribution is 2.29. The average Bonchev–Trinajstić information content (AvgIpc) is 2.88. The van der Waals surface area contributed by atoms with Crippen LogP contribution in [0.5, 0.6) is 0 Å². The zero-order valence-electron chi connectivity index (χ0n) is 10.6. The van der Waals surface area contributed by atoms with Crippen LogP contribution in [-0.4, -0.2) is 24.8 Å². The van der Waals surface area contributed by atoms with Gasteiger partial charge in [0.2, 0.25) is 0 Å². The predicted molar refractivity (Wildman–Crippen MR) is 77.1 cm³/mol. The van der Waals surface area contributed by atoms with Crippen molar-refractivity contribution in [2.75, 3.05) is 11.9 Å². The van der Waals surface area contributed by atoms with E-state index >= 15 is 0 Å². The normalized spacial score (nSPS) is 20.1. The van der Waals surface area contributed by atoms with Crippen molar-refractivity contribution in [1.82, 2.24) is 5.32 Å². The van der Waals surface area contributed by atoms with E-state index in [1.165, 1.54) is 0 Å². The number of anilines is 1. The summed E-state index contributed by atoms with van der Waals surface area (Å²) < 4.78 is 5.52. The number of nitrogens with one attached hydrogen (secondary N) is 2. The van der Waals surface area contributed by atoms with Crippen molar-refractivity contribution in [2.24, 2.45) is 0 Å². The van der Waals surface area contributed by atoms with Crippen molar-refractivity contribution in [3.8, 4) is 0 Å². The quantitative estimate of drug-likeness (QED) is 0.895. The largest absolute Gasteiger partial charge is 0.376 e. The molecule has 0 radical (unpaired) electrons. The summed E-state index contributed by atoms with van der Waals surface area (Å²) in [6.07, 6.45) is 2.10. The summed E-state index contributed by atoms with van der Waals surface area (Å²) in [6.45, 7) is 2.69. The Labute approximate surface area is 122 Å². The highest BCUT2D eigenvalue weighted by Gasteiger charge is 2.23. The minimum atomic E-state index is -0.313. The highest BCUT2D eigenvalue weighted by atomic mass is 35.5. The fourth-order valence-electron chi connectivity index (χ4n) is 2.06. The second kappa shape index (κ2) is 6.46. The molecule has 1 fully saturated rings. The second-order valence-electron chi connectivity index (χ2n) is 4.54. The number of hydrogen-bond donors (Lipinski definition) is 2. The fourth-order valence-corrected chi connectivity index (χ4v) is 2.40. The van der Waals surface area contributed by atoms with Crippen LogP contribution in [0, 0.1) is 0 Å². The molecule has 2 N–H and O–H groups in total. The molecule has 0 spiro atoms.